The average molecular weight is 97.1 g/mol. The number of terminal acetylenes is 1. The summed E-state index contributed by atoms with van der Waals surface area (Å²) in [7, 11) is 0. The normalized spacial score (nSPS) is 6.71. The molecule has 0 bridgehead atoms. The number of nitrogens with two attached hydrogens (primary N) is 1. The first-order valence-corrected chi connectivity index (χ1v) is 1.61. The van der Waals surface area contributed by atoms with Crippen LogP contribution < -0.4 is 11.1 Å². The van der Waals surface area contributed by atoms with E-state index in [1.54, 1.807) is 0 Å². The zero-order valence-corrected chi connectivity index (χ0v) is 3.64. The predicted molar refractivity (Wildman–Crippen MR) is 25.9 cm³/mol. The van der Waals surface area contributed by atoms with E-state index in [9.17, 15) is 4.79 Å². The van der Waals surface area contributed by atoms with E-state index in [1.807, 2.05) is 0 Å². The van der Waals surface area contributed by atoms with Gasteiger partial charge in [-0.1, -0.05) is 5.92 Å². The van der Waals surface area contributed by atoms with Gasteiger partial charge in [-0.25, -0.2) is 4.79 Å². The van der Waals surface area contributed by atoms with Gasteiger partial charge >= 0.3 is 6.03 Å². The maximum atomic E-state index is 9.74. The van der Waals surface area contributed by atoms with Crippen molar-refractivity contribution in [1.29, 1.82) is 0 Å². The molecule has 0 aromatic heterocycles. The number of rotatable bonds is 1. The van der Waals surface area contributed by atoms with Gasteiger partial charge in [0.1, 0.15) is 6.54 Å². The van der Waals surface area contributed by atoms with Crippen LogP contribution in [0.1, 0.15) is 0 Å². The number of hydrogen-bond acceptors (Lipinski definition) is 1. The van der Waals surface area contributed by atoms with E-state index < -0.39 is 6.03 Å². The fourth-order valence-corrected chi connectivity index (χ4v) is 0.113. The van der Waals surface area contributed by atoms with Crippen molar-refractivity contribution < 1.29 is 4.79 Å². The molecule has 7 heavy (non-hydrogen) atoms. The highest BCUT2D eigenvalue weighted by Crippen LogP contribution is 1.58. The Balaban J connectivity index is 3.02. The number of carbonyl (C=O) groups is 1. The SMILES string of the molecule is C#C[CH]NC(N)=O. The molecule has 0 aliphatic rings. The Kier molecular flexibility index (Phi) is 2.53. The Morgan fingerprint density at radius 3 is 2.71 bits per heavy atom. The lowest BCUT2D eigenvalue weighted by molar-refractivity contribution is 0.251. The van der Waals surface area contributed by atoms with Crippen LogP contribution in [0.15, 0.2) is 0 Å². The first kappa shape index (κ1) is 5.83. The molecule has 0 aliphatic carbocycles. The van der Waals surface area contributed by atoms with Crippen LogP contribution in [-0.4, -0.2) is 6.03 Å². The molecule has 2 amide bonds. The fourth-order valence-electron chi connectivity index (χ4n) is 0.113. The number of amides is 2. The highest BCUT2D eigenvalue weighted by Gasteiger charge is 1.82. The van der Waals surface area contributed by atoms with Crippen LogP contribution in [-0.2, 0) is 0 Å². The zero-order chi connectivity index (χ0) is 5.70. The number of nitrogens with one attached hydrogen (secondary N) is 1. The van der Waals surface area contributed by atoms with Crippen molar-refractivity contribution in [2.75, 3.05) is 0 Å². The molecule has 0 saturated carbocycles. The number of carbonyl (C=O) groups excluding carboxylic acids is 1. The quantitative estimate of drug-likeness (QED) is 0.424. The van der Waals surface area contributed by atoms with Crippen molar-refractivity contribution in [1.82, 2.24) is 5.32 Å². The van der Waals surface area contributed by atoms with Gasteiger partial charge in [0.05, 0.1) is 0 Å². The van der Waals surface area contributed by atoms with Crippen LogP contribution in [0, 0.1) is 18.9 Å². The second kappa shape index (κ2) is 3.04. The number of hydrogen-bond donors (Lipinski definition) is 2. The molecule has 0 aromatic rings. The topological polar surface area (TPSA) is 55.1 Å². The summed E-state index contributed by atoms with van der Waals surface area (Å²) in [5.74, 6) is 2.06. The van der Waals surface area contributed by atoms with E-state index in [0.717, 1.165) is 6.54 Å². The summed E-state index contributed by atoms with van der Waals surface area (Å²) in [6.07, 6.45) is 4.70. The van der Waals surface area contributed by atoms with Crippen molar-refractivity contribution in [3.63, 3.8) is 0 Å². The summed E-state index contributed by atoms with van der Waals surface area (Å²) < 4.78 is 0. The van der Waals surface area contributed by atoms with E-state index in [1.165, 1.54) is 0 Å². The molecular formula is C4H5N2O. The average Bonchev–Trinajstić information content (AvgIpc) is 1.61. The Morgan fingerprint density at radius 1 is 2.00 bits per heavy atom. The van der Waals surface area contributed by atoms with Crippen molar-refractivity contribution in [3.8, 4) is 12.3 Å². The molecule has 0 spiro atoms. The minimum atomic E-state index is -0.641. The third-order valence-electron chi connectivity index (χ3n) is 0.298. The summed E-state index contributed by atoms with van der Waals surface area (Å²) in [4.78, 5) is 9.74. The minimum absolute atomic E-state index is 0.641. The summed E-state index contributed by atoms with van der Waals surface area (Å²) in [6.45, 7) is 1.13. The fraction of sp³-hybridized carbons (Fsp3) is 0. The van der Waals surface area contributed by atoms with Crippen LogP contribution in [0.2, 0.25) is 0 Å². The Bertz CT molecular complexity index is 103. The van der Waals surface area contributed by atoms with Gasteiger partial charge in [0.2, 0.25) is 0 Å². The summed E-state index contributed by atoms with van der Waals surface area (Å²) in [6, 6.07) is -0.641. The molecule has 0 unspecified atom stereocenters. The third kappa shape index (κ3) is 4.83. The molecule has 0 heterocycles. The number of primary amides is 1. The van der Waals surface area contributed by atoms with Crippen molar-refractivity contribution >= 4 is 6.03 Å². The first-order chi connectivity index (χ1) is 3.27. The molecule has 0 fully saturated rings. The Hall–Kier alpha value is -1.17. The van der Waals surface area contributed by atoms with Gasteiger partial charge in [0.15, 0.2) is 0 Å². The maximum Gasteiger partial charge on any atom is 0.313 e. The predicted octanol–water partition coefficient (Wildman–Crippen LogP) is -0.550. The molecule has 1 radical (unpaired) electrons. The smallest absolute Gasteiger partial charge is 0.313 e. The Labute approximate surface area is 41.9 Å². The van der Waals surface area contributed by atoms with Gasteiger partial charge in [-0.3, -0.25) is 0 Å². The summed E-state index contributed by atoms with van der Waals surface area (Å²) in [5.41, 5.74) is 4.60. The molecule has 0 rings (SSSR count). The van der Waals surface area contributed by atoms with Gasteiger partial charge in [-0.2, -0.15) is 0 Å². The third-order valence-corrected chi connectivity index (χ3v) is 0.298. The molecule has 0 aromatic carbocycles. The van der Waals surface area contributed by atoms with E-state index in [0.29, 0.717) is 0 Å². The summed E-state index contributed by atoms with van der Waals surface area (Å²) in [5, 5.41) is 2.07. The minimum Gasteiger partial charge on any atom is -0.352 e. The molecule has 3 N–H and O–H groups in total. The van der Waals surface area contributed by atoms with Crippen LogP contribution in [0.4, 0.5) is 4.79 Å². The molecular weight excluding hydrogens is 92.1 g/mol. The molecule has 0 aliphatic heterocycles. The second-order valence-corrected chi connectivity index (χ2v) is 0.820. The highest BCUT2D eigenvalue weighted by molar-refractivity contribution is 5.72. The molecule has 37 valence electrons. The largest absolute Gasteiger partial charge is 0.352 e. The lowest BCUT2D eigenvalue weighted by Gasteiger charge is -1.87. The van der Waals surface area contributed by atoms with Crippen molar-refractivity contribution in [2.24, 2.45) is 5.73 Å². The van der Waals surface area contributed by atoms with E-state index in [2.05, 4.69) is 17.0 Å². The Morgan fingerprint density at radius 2 is 2.57 bits per heavy atom. The van der Waals surface area contributed by atoms with Crippen molar-refractivity contribution in [2.45, 2.75) is 0 Å². The molecule has 0 saturated heterocycles. The van der Waals surface area contributed by atoms with Crippen LogP contribution >= 0.6 is 0 Å². The van der Waals surface area contributed by atoms with Gasteiger partial charge in [0.25, 0.3) is 0 Å². The van der Waals surface area contributed by atoms with Crippen LogP contribution in [0.5, 0.6) is 0 Å². The monoisotopic (exact) mass is 97.0 g/mol. The lowest BCUT2D eigenvalue weighted by atomic mass is 10.7. The second-order valence-electron chi connectivity index (χ2n) is 0.820. The maximum absolute atomic E-state index is 9.74. The lowest BCUT2D eigenvalue weighted by Crippen LogP contribution is -2.26. The van der Waals surface area contributed by atoms with Gasteiger partial charge < -0.3 is 11.1 Å². The number of urea groups is 1. The van der Waals surface area contributed by atoms with Gasteiger partial charge in [-0.05, 0) is 0 Å². The van der Waals surface area contributed by atoms with Gasteiger partial charge in [0, 0.05) is 0 Å². The van der Waals surface area contributed by atoms with Crippen molar-refractivity contribution in [3.05, 3.63) is 6.54 Å². The highest BCUT2D eigenvalue weighted by atomic mass is 16.2. The molecule has 0 atom stereocenters. The molecule has 3 heteroatoms. The first-order valence-electron chi connectivity index (χ1n) is 1.61. The van der Waals surface area contributed by atoms with E-state index in [4.69, 9.17) is 6.42 Å². The van der Waals surface area contributed by atoms with Crippen LogP contribution in [0.25, 0.3) is 0 Å². The van der Waals surface area contributed by atoms with Gasteiger partial charge in [-0.15, -0.1) is 6.42 Å². The van der Waals surface area contributed by atoms with E-state index in [-0.39, 0.29) is 0 Å². The van der Waals surface area contributed by atoms with E-state index >= 15 is 0 Å². The molecule has 3 nitrogen and oxygen atoms in total. The zero-order valence-electron chi connectivity index (χ0n) is 3.64. The summed E-state index contributed by atoms with van der Waals surface area (Å²) >= 11 is 0. The van der Waals surface area contributed by atoms with Crippen LogP contribution in [0.3, 0.4) is 0 Å². The standard InChI is InChI=1S/C4H5N2O/c1-2-3-6-4(5)7/h1,3H,(H3,5,6,7).